The molecule has 0 bridgehead atoms. The van der Waals surface area contributed by atoms with Gasteiger partial charge in [-0.05, 0) is 64.1 Å². The molecular weight excluding hydrogens is 346 g/mol. The molecule has 1 nitrogen and oxygen atoms in total. The zero-order valence-electron chi connectivity index (χ0n) is 12.7. The van der Waals surface area contributed by atoms with E-state index in [1.807, 2.05) is 19.2 Å². The van der Waals surface area contributed by atoms with Crippen LogP contribution in [0.1, 0.15) is 42.1 Å². The lowest BCUT2D eigenvalue weighted by Crippen LogP contribution is -2.18. The fourth-order valence-corrected chi connectivity index (χ4v) is 3.36. The minimum absolute atomic E-state index is 0.103. The third-order valence-electron chi connectivity index (χ3n) is 3.91. The van der Waals surface area contributed by atoms with Crippen molar-refractivity contribution in [2.45, 2.75) is 32.7 Å². The summed E-state index contributed by atoms with van der Waals surface area (Å²) in [5.74, 6) is 0. The van der Waals surface area contributed by atoms with Gasteiger partial charge in [0.1, 0.15) is 0 Å². The Kier molecular flexibility index (Phi) is 5.86. The van der Waals surface area contributed by atoms with Crippen molar-refractivity contribution in [3.63, 3.8) is 0 Å². The Bertz CT molecular complexity index is 625. The zero-order valence-corrected chi connectivity index (χ0v) is 15.1. The van der Waals surface area contributed by atoms with Gasteiger partial charge in [0.05, 0.1) is 11.1 Å². The summed E-state index contributed by atoms with van der Waals surface area (Å²) in [6, 6.07) is 12.9. The van der Waals surface area contributed by atoms with Crippen molar-refractivity contribution in [2.75, 3.05) is 7.05 Å². The van der Waals surface area contributed by atoms with Crippen molar-refractivity contribution in [1.29, 1.82) is 0 Å². The zero-order chi connectivity index (χ0) is 15.4. The van der Waals surface area contributed by atoms with Gasteiger partial charge >= 0.3 is 0 Å². The third kappa shape index (κ3) is 3.50. The predicted octanol–water partition coefficient (Wildman–Crippen LogP) is 5.54. The molecule has 1 unspecified atom stereocenters. The van der Waals surface area contributed by atoms with Gasteiger partial charge < -0.3 is 5.32 Å². The topological polar surface area (TPSA) is 12.0 Å². The summed E-state index contributed by atoms with van der Waals surface area (Å²) in [6.45, 7) is 4.41. The highest BCUT2D eigenvalue weighted by Crippen LogP contribution is 2.33. The molecule has 0 fully saturated rings. The van der Waals surface area contributed by atoms with Gasteiger partial charge in [-0.1, -0.05) is 55.8 Å². The molecular formula is C18H21BrClN. The minimum atomic E-state index is 0.103. The maximum atomic E-state index is 6.46. The van der Waals surface area contributed by atoms with Crippen molar-refractivity contribution in [2.24, 2.45) is 0 Å². The summed E-state index contributed by atoms with van der Waals surface area (Å²) >= 11 is 9.97. The van der Waals surface area contributed by atoms with Crippen LogP contribution in [0.3, 0.4) is 0 Å². The lowest BCUT2D eigenvalue weighted by Gasteiger charge is -2.21. The monoisotopic (exact) mass is 365 g/mol. The van der Waals surface area contributed by atoms with Gasteiger partial charge in [0.2, 0.25) is 0 Å². The highest BCUT2D eigenvalue weighted by molar-refractivity contribution is 9.10. The number of benzene rings is 2. The number of halogens is 2. The second kappa shape index (κ2) is 7.44. The van der Waals surface area contributed by atoms with E-state index in [1.165, 1.54) is 16.7 Å². The quantitative estimate of drug-likeness (QED) is 0.733. The number of nitrogens with one attached hydrogen (secondary N) is 1. The first kappa shape index (κ1) is 16.5. The molecule has 0 aliphatic carbocycles. The SMILES string of the molecule is CCc1ccc(C(NC)c2cccc(Br)c2Cl)cc1CC. The first-order valence-electron chi connectivity index (χ1n) is 7.35. The summed E-state index contributed by atoms with van der Waals surface area (Å²) in [4.78, 5) is 0. The Morgan fingerprint density at radius 1 is 1.10 bits per heavy atom. The summed E-state index contributed by atoms with van der Waals surface area (Å²) in [7, 11) is 1.97. The van der Waals surface area contributed by atoms with E-state index < -0.39 is 0 Å². The Hall–Kier alpha value is -0.830. The first-order valence-corrected chi connectivity index (χ1v) is 8.52. The molecule has 0 spiro atoms. The highest BCUT2D eigenvalue weighted by Gasteiger charge is 2.17. The third-order valence-corrected chi connectivity index (χ3v) is 5.22. The lowest BCUT2D eigenvalue weighted by atomic mass is 9.93. The molecule has 112 valence electrons. The van der Waals surface area contributed by atoms with Gasteiger partial charge in [-0.2, -0.15) is 0 Å². The Morgan fingerprint density at radius 2 is 1.81 bits per heavy atom. The molecule has 0 amide bonds. The van der Waals surface area contributed by atoms with E-state index >= 15 is 0 Å². The second-order valence-corrected chi connectivity index (χ2v) is 6.33. The molecule has 2 aromatic carbocycles. The van der Waals surface area contributed by atoms with Crippen LogP contribution in [0.2, 0.25) is 5.02 Å². The van der Waals surface area contributed by atoms with E-state index in [4.69, 9.17) is 11.6 Å². The van der Waals surface area contributed by atoms with Gasteiger partial charge in [0.25, 0.3) is 0 Å². The molecule has 3 heteroatoms. The van der Waals surface area contributed by atoms with Crippen LogP contribution in [0, 0.1) is 0 Å². The van der Waals surface area contributed by atoms with Crippen LogP contribution in [0.5, 0.6) is 0 Å². The van der Waals surface area contributed by atoms with Crippen molar-refractivity contribution in [3.05, 3.63) is 68.1 Å². The van der Waals surface area contributed by atoms with Crippen LogP contribution in [0.4, 0.5) is 0 Å². The second-order valence-electron chi connectivity index (χ2n) is 5.10. The van der Waals surface area contributed by atoms with Crippen LogP contribution in [-0.2, 0) is 12.8 Å². The fourth-order valence-electron chi connectivity index (χ4n) is 2.74. The van der Waals surface area contributed by atoms with E-state index in [-0.39, 0.29) is 6.04 Å². The van der Waals surface area contributed by atoms with Crippen LogP contribution >= 0.6 is 27.5 Å². The van der Waals surface area contributed by atoms with Crippen molar-refractivity contribution in [3.8, 4) is 0 Å². The van der Waals surface area contributed by atoms with E-state index in [2.05, 4.69) is 59.4 Å². The smallest absolute Gasteiger partial charge is 0.0599 e. The molecule has 1 N–H and O–H groups in total. The Morgan fingerprint density at radius 3 is 2.43 bits per heavy atom. The van der Waals surface area contributed by atoms with Gasteiger partial charge in [-0.25, -0.2) is 0 Å². The molecule has 0 saturated heterocycles. The number of rotatable bonds is 5. The first-order chi connectivity index (χ1) is 10.1. The molecule has 0 aliphatic heterocycles. The average Bonchev–Trinajstić information content (AvgIpc) is 2.51. The Labute approximate surface area is 140 Å². The summed E-state index contributed by atoms with van der Waals surface area (Å²) in [6.07, 6.45) is 2.13. The molecule has 0 heterocycles. The predicted molar refractivity (Wildman–Crippen MR) is 95.3 cm³/mol. The average molecular weight is 367 g/mol. The van der Waals surface area contributed by atoms with Gasteiger partial charge in [-0.15, -0.1) is 0 Å². The summed E-state index contributed by atoms with van der Waals surface area (Å²) < 4.78 is 0.933. The van der Waals surface area contributed by atoms with Crippen molar-refractivity contribution >= 4 is 27.5 Å². The van der Waals surface area contributed by atoms with Crippen LogP contribution < -0.4 is 5.32 Å². The Balaban J connectivity index is 2.49. The normalized spacial score (nSPS) is 12.4. The van der Waals surface area contributed by atoms with E-state index in [1.54, 1.807) is 0 Å². The molecule has 0 radical (unpaired) electrons. The number of aryl methyl sites for hydroxylation is 2. The van der Waals surface area contributed by atoms with Crippen molar-refractivity contribution in [1.82, 2.24) is 5.32 Å². The molecule has 2 rings (SSSR count). The van der Waals surface area contributed by atoms with E-state index in [0.29, 0.717) is 0 Å². The molecule has 0 aliphatic rings. The molecule has 21 heavy (non-hydrogen) atoms. The maximum absolute atomic E-state index is 6.46. The van der Waals surface area contributed by atoms with Gasteiger partial charge in [0.15, 0.2) is 0 Å². The van der Waals surface area contributed by atoms with E-state index in [0.717, 1.165) is 27.9 Å². The summed E-state index contributed by atoms with van der Waals surface area (Å²) in [5, 5.41) is 4.16. The fraction of sp³-hybridized carbons (Fsp3) is 0.333. The maximum Gasteiger partial charge on any atom is 0.0599 e. The highest BCUT2D eigenvalue weighted by atomic mass is 79.9. The van der Waals surface area contributed by atoms with Crippen LogP contribution in [0.15, 0.2) is 40.9 Å². The van der Waals surface area contributed by atoms with Gasteiger partial charge in [-0.3, -0.25) is 0 Å². The molecule has 0 saturated carbocycles. The standard InChI is InChI=1S/C18H21BrClN/c1-4-12-9-10-14(11-13(12)5-2)18(21-3)15-7-6-8-16(19)17(15)20/h6-11,18,21H,4-5H2,1-3H3. The number of hydrogen-bond donors (Lipinski definition) is 1. The molecule has 0 aromatic heterocycles. The summed E-state index contributed by atoms with van der Waals surface area (Å²) in [5.41, 5.74) is 5.20. The van der Waals surface area contributed by atoms with E-state index in [9.17, 15) is 0 Å². The largest absolute Gasteiger partial charge is 0.309 e. The number of hydrogen-bond acceptors (Lipinski definition) is 1. The minimum Gasteiger partial charge on any atom is -0.309 e. The lowest BCUT2D eigenvalue weighted by molar-refractivity contribution is 0.690. The molecule has 2 aromatic rings. The van der Waals surface area contributed by atoms with Gasteiger partial charge in [0, 0.05) is 4.47 Å². The van der Waals surface area contributed by atoms with Crippen LogP contribution in [0.25, 0.3) is 0 Å². The van der Waals surface area contributed by atoms with Crippen LogP contribution in [-0.4, -0.2) is 7.05 Å². The van der Waals surface area contributed by atoms with Crippen molar-refractivity contribution < 1.29 is 0 Å². The molecule has 1 atom stereocenters.